The Kier molecular flexibility index (Phi) is 5.35. The minimum Gasteiger partial charge on any atom is -0.444 e. The summed E-state index contributed by atoms with van der Waals surface area (Å²) in [6.45, 7) is 13.8. The van der Waals surface area contributed by atoms with Gasteiger partial charge in [-0.1, -0.05) is 20.8 Å². The van der Waals surface area contributed by atoms with E-state index in [0.717, 1.165) is 37.4 Å². The molecule has 1 fully saturated rings. The second kappa shape index (κ2) is 6.95. The van der Waals surface area contributed by atoms with Crippen LogP contribution in [0, 0.1) is 5.41 Å². The lowest BCUT2D eigenvalue weighted by Crippen LogP contribution is -2.40. The van der Waals surface area contributed by atoms with E-state index in [1.54, 1.807) is 6.33 Å². The Morgan fingerprint density at radius 2 is 2.00 bits per heavy atom. The largest absolute Gasteiger partial charge is 0.444 e. The van der Waals surface area contributed by atoms with Gasteiger partial charge in [-0.05, 0) is 39.0 Å². The monoisotopic (exact) mass is 334 g/mol. The zero-order valence-corrected chi connectivity index (χ0v) is 15.7. The molecule has 2 rings (SSSR count). The molecular formula is C18H30N4O2. The molecule has 0 aromatic carbocycles. The lowest BCUT2D eigenvalue weighted by molar-refractivity contribution is 0.0509. The van der Waals surface area contributed by atoms with Gasteiger partial charge in [0.25, 0.3) is 0 Å². The van der Waals surface area contributed by atoms with Gasteiger partial charge in [-0.15, -0.1) is 0 Å². The van der Waals surface area contributed by atoms with Crippen molar-refractivity contribution in [1.82, 2.24) is 15.3 Å². The van der Waals surface area contributed by atoms with Crippen molar-refractivity contribution in [2.24, 2.45) is 5.41 Å². The second-order valence-corrected chi connectivity index (χ2v) is 8.68. The highest BCUT2D eigenvalue weighted by atomic mass is 16.6. The smallest absolute Gasteiger partial charge is 0.407 e. The van der Waals surface area contributed by atoms with Crippen LogP contribution < -0.4 is 10.2 Å². The molecule has 6 nitrogen and oxygen atoms in total. The van der Waals surface area contributed by atoms with Gasteiger partial charge in [-0.3, -0.25) is 0 Å². The maximum absolute atomic E-state index is 11.9. The van der Waals surface area contributed by atoms with Gasteiger partial charge in [-0.25, -0.2) is 14.8 Å². The molecule has 1 saturated heterocycles. The third kappa shape index (κ3) is 5.98. The van der Waals surface area contributed by atoms with Crippen LogP contribution in [0.2, 0.25) is 0 Å². The number of carbonyl (C=O) groups is 1. The highest BCUT2D eigenvalue weighted by molar-refractivity contribution is 5.68. The minimum atomic E-state index is -0.475. The van der Waals surface area contributed by atoms with Gasteiger partial charge in [0, 0.05) is 24.8 Å². The molecule has 0 spiro atoms. The van der Waals surface area contributed by atoms with Crippen molar-refractivity contribution in [3.05, 3.63) is 18.1 Å². The molecule has 1 N–H and O–H groups in total. The zero-order valence-electron chi connectivity index (χ0n) is 15.7. The topological polar surface area (TPSA) is 67.4 Å². The summed E-state index contributed by atoms with van der Waals surface area (Å²) in [5, 5.41) is 2.94. The van der Waals surface area contributed by atoms with E-state index >= 15 is 0 Å². The molecule has 1 amide bonds. The van der Waals surface area contributed by atoms with E-state index in [-0.39, 0.29) is 17.6 Å². The summed E-state index contributed by atoms with van der Waals surface area (Å²) >= 11 is 0. The number of carbonyl (C=O) groups excluding carboxylic acids is 1. The number of nitrogens with zero attached hydrogens (tertiary/aromatic N) is 3. The molecule has 1 aromatic heterocycles. The summed E-state index contributed by atoms with van der Waals surface area (Å²) in [7, 11) is 0. The van der Waals surface area contributed by atoms with Crippen molar-refractivity contribution in [1.29, 1.82) is 0 Å². The first kappa shape index (κ1) is 18.5. The number of aromatic nitrogens is 2. The Bertz CT molecular complexity index is 575. The number of amides is 1. The van der Waals surface area contributed by atoms with Crippen LogP contribution in [0.4, 0.5) is 10.6 Å². The molecule has 24 heavy (non-hydrogen) atoms. The Hall–Kier alpha value is -1.85. The number of anilines is 1. The molecule has 134 valence electrons. The molecule has 0 saturated carbocycles. The van der Waals surface area contributed by atoms with E-state index in [9.17, 15) is 4.79 Å². The summed E-state index contributed by atoms with van der Waals surface area (Å²) in [5.74, 6) is 0.928. The van der Waals surface area contributed by atoms with Crippen LogP contribution in [0.15, 0.2) is 12.4 Å². The van der Waals surface area contributed by atoms with Crippen molar-refractivity contribution in [2.45, 2.75) is 66.0 Å². The molecule has 0 bridgehead atoms. The van der Waals surface area contributed by atoms with Crippen molar-refractivity contribution in [3.63, 3.8) is 0 Å². The van der Waals surface area contributed by atoms with Crippen LogP contribution in [-0.2, 0) is 11.2 Å². The van der Waals surface area contributed by atoms with Crippen LogP contribution in [0.1, 0.15) is 53.7 Å². The lowest BCUT2D eigenvalue weighted by Gasteiger charge is -2.22. The van der Waals surface area contributed by atoms with E-state index < -0.39 is 5.60 Å². The maximum Gasteiger partial charge on any atom is 0.407 e. The molecule has 0 radical (unpaired) electrons. The number of hydrogen-bond acceptors (Lipinski definition) is 5. The van der Waals surface area contributed by atoms with Gasteiger partial charge >= 0.3 is 6.09 Å². The van der Waals surface area contributed by atoms with Crippen LogP contribution in [0.3, 0.4) is 0 Å². The molecule has 1 aromatic rings. The van der Waals surface area contributed by atoms with Gasteiger partial charge in [-0.2, -0.15) is 0 Å². The predicted octanol–water partition coefficient (Wildman–Crippen LogP) is 3.17. The summed E-state index contributed by atoms with van der Waals surface area (Å²) in [5.41, 5.74) is 0.768. The van der Waals surface area contributed by atoms with Crippen molar-refractivity contribution in [3.8, 4) is 0 Å². The molecule has 1 aliphatic heterocycles. The minimum absolute atomic E-state index is 0.0841. The zero-order chi connectivity index (χ0) is 18.0. The number of hydrogen-bond donors (Lipinski definition) is 1. The van der Waals surface area contributed by atoms with E-state index in [1.165, 1.54) is 0 Å². The first-order chi connectivity index (χ1) is 11.0. The molecule has 2 heterocycles. The number of alkyl carbamates (subject to hydrolysis) is 1. The highest BCUT2D eigenvalue weighted by Gasteiger charge is 2.27. The van der Waals surface area contributed by atoms with Gasteiger partial charge in [0.2, 0.25) is 0 Å². The quantitative estimate of drug-likeness (QED) is 0.919. The predicted molar refractivity (Wildman–Crippen MR) is 95.2 cm³/mol. The molecule has 0 aliphatic carbocycles. The standard InChI is InChI=1S/C18H30N4O2/c1-17(2,3)10-14-9-15(20-12-19-14)22-8-7-13(11-22)21-16(23)24-18(4,5)6/h9,12-13H,7-8,10-11H2,1-6H3,(H,21,23). The second-order valence-electron chi connectivity index (χ2n) is 8.68. The third-order valence-corrected chi connectivity index (χ3v) is 3.65. The van der Waals surface area contributed by atoms with Gasteiger partial charge in [0.15, 0.2) is 0 Å². The SMILES string of the molecule is CC(C)(C)Cc1cc(N2CCC(NC(=O)OC(C)(C)C)C2)ncn1. The van der Waals surface area contributed by atoms with Gasteiger partial charge < -0.3 is 15.0 Å². The maximum atomic E-state index is 11.9. The Balaban J connectivity index is 1.93. The van der Waals surface area contributed by atoms with Crippen LogP contribution in [0.25, 0.3) is 0 Å². The lowest BCUT2D eigenvalue weighted by atomic mass is 9.90. The Morgan fingerprint density at radius 1 is 1.29 bits per heavy atom. The van der Waals surface area contributed by atoms with E-state index in [2.05, 4.69) is 47.0 Å². The van der Waals surface area contributed by atoms with Gasteiger partial charge in [0.1, 0.15) is 17.7 Å². The fourth-order valence-electron chi connectivity index (χ4n) is 2.76. The highest BCUT2D eigenvalue weighted by Crippen LogP contribution is 2.23. The van der Waals surface area contributed by atoms with Crippen molar-refractivity contribution < 1.29 is 9.53 Å². The van der Waals surface area contributed by atoms with E-state index in [1.807, 2.05) is 20.8 Å². The summed E-state index contributed by atoms with van der Waals surface area (Å²) in [6, 6.07) is 2.14. The van der Waals surface area contributed by atoms with E-state index in [0.29, 0.717) is 0 Å². The number of nitrogens with one attached hydrogen (secondary N) is 1. The summed E-state index contributed by atoms with van der Waals surface area (Å²) < 4.78 is 5.32. The van der Waals surface area contributed by atoms with Crippen LogP contribution >= 0.6 is 0 Å². The van der Waals surface area contributed by atoms with Crippen LogP contribution in [0.5, 0.6) is 0 Å². The molecular weight excluding hydrogens is 304 g/mol. The normalized spacial score (nSPS) is 18.6. The fourth-order valence-corrected chi connectivity index (χ4v) is 2.76. The molecule has 1 unspecified atom stereocenters. The Morgan fingerprint density at radius 3 is 2.62 bits per heavy atom. The summed E-state index contributed by atoms with van der Waals surface area (Å²) in [6.07, 6.45) is 3.07. The van der Waals surface area contributed by atoms with Crippen molar-refractivity contribution in [2.75, 3.05) is 18.0 Å². The fraction of sp³-hybridized carbons (Fsp3) is 0.722. The van der Waals surface area contributed by atoms with E-state index in [4.69, 9.17) is 4.74 Å². The molecule has 6 heteroatoms. The molecule has 1 aliphatic rings. The average Bonchev–Trinajstić information content (AvgIpc) is 2.83. The number of ether oxygens (including phenoxy) is 1. The third-order valence-electron chi connectivity index (χ3n) is 3.65. The Labute approximate surface area is 145 Å². The average molecular weight is 334 g/mol. The first-order valence-corrected chi connectivity index (χ1v) is 8.57. The van der Waals surface area contributed by atoms with Crippen molar-refractivity contribution >= 4 is 11.9 Å². The number of rotatable bonds is 3. The first-order valence-electron chi connectivity index (χ1n) is 8.57. The van der Waals surface area contributed by atoms with Crippen LogP contribution in [-0.4, -0.2) is 40.8 Å². The summed E-state index contributed by atoms with van der Waals surface area (Å²) in [4.78, 5) is 22.9. The van der Waals surface area contributed by atoms with Gasteiger partial charge in [0.05, 0.1) is 6.04 Å². The molecule has 1 atom stereocenters.